The Morgan fingerprint density at radius 2 is 1.65 bits per heavy atom. The SMILES string of the molecule is COc1ccccc1OCC(=O)NNC(=O)CNc1ccc(C)cc1C. The van der Waals surface area contributed by atoms with Gasteiger partial charge in [-0.3, -0.25) is 20.4 Å². The maximum atomic E-state index is 11.8. The highest BCUT2D eigenvalue weighted by Crippen LogP contribution is 2.25. The van der Waals surface area contributed by atoms with Gasteiger partial charge in [0.1, 0.15) is 0 Å². The summed E-state index contributed by atoms with van der Waals surface area (Å²) in [6.45, 7) is 3.76. The molecule has 138 valence electrons. The number of nitrogens with one attached hydrogen (secondary N) is 3. The van der Waals surface area contributed by atoms with Crippen molar-refractivity contribution in [2.24, 2.45) is 0 Å². The van der Waals surface area contributed by atoms with Gasteiger partial charge in [-0.1, -0.05) is 29.8 Å². The number of rotatable bonds is 7. The molecule has 0 unspecified atom stereocenters. The molecule has 0 fully saturated rings. The van der Waals surface area contributed by atoms with Crippen LogP contribution in [0.1, 0.15) is 11.1 Å². The molecule has 0 saturated heterocycles. The first-order valence-electron chi connectivity index (χ1n) is 8.14. The van der Waals surface area contributed by atoms with Gasteiger partial charge in [0.15, 0.2) is 18.1 Å². The van der Waals surface area contributed by atoms with Gasteiger partial charge in [0, 0.05) is 5.69 Å². The van der Waals surface area contributed by atoms with E-state index in [0.29, 0.717) is 11.5 Å². The summed E-state index contributed by atoms with van der Waals surface area (Å²) in [7, 11) is 1.52. The number of para-hydroxylation sites is 2. The van der Waals surface area contributed by atoms with Gasteiger partial charge in [-0.05, 0) is 37.6 Å². The fourth-order valence-corrected chi connectivity index (χ4v) is 2.29. The number of hydrazine groups is 1. The second-order valence-electron chi connectivity index (χ2n) is 5.71. The van der Waals surface area contributed by atoms with Crippen molar-refractivity contribution < 1.29 is 19.1 Å². The van der Waals surface area contributed by atoms with Gasteiger partial charge in [-0.15, -0.1) is 0 Å². The molecule has 0 aliphatic heterocycles. The molecule has 0 radical (unpaired) electrons. The summed E-state index contributed by atoms with van der Waals surface area (Å²) in [5.41, 5.74) is 7.71. The van der Waals surface area contributed by atoms with Gasteiger partial charge in [-0.25, -0.2) is 0 Å². The molecule has 2 aromatic carbocycles. The normalized spacial score (nSPS) is 9.96. The van der Waals surface area contributed by atoms with Crippen molar-refractivity contribution in [2.45, 2.75) is 13.8 Å². The highest BCUT2D eigenvalue weighted by atomic mass is 16.5. The Morgan fingerprint density at radius 3 is 2.35 bits per heavy atom. The summed E-state index contributed by atoms with van der Waals surface area (Å²) in [4.78, 5) is 23.6. The number of hydrogen-bond acceptors (Lipinski definition) is 5. The quantitative estimate of drug-likeness (QED) is 0.659. The minimum Gasteiger partial charge on any atom is -0.493 e. The first-order chi connectivity index (χ1) is 12.5. The Morgan fingerprint density at radius 1 is 0.962 bits per heavy atom. The van der Waals surface area contributed by atoms with Crippen molar-refractivity contribution in [2.75, 3.05) is 25.6 Å². The second kappa shape index (κ2) is 9.31. The largest absolute Gasteiger partial charge is 0.493 e. The Balaban J connectivity index is 1.72. The monoisotopic (exact) mass is 357 g/mol. The van der Waals surface area contributed by atoms with Crippen LogP contribution in [-0.2, 0) is 9.59 Å². The third-order valence-corrected chi connectivity index (χ3v) is 3.59. The lowest BCUT2D eigenvalue weighted by Gasteiger charge is -2.12. The van der Waals surface area contributed by atoms with Crippen LogP contribution in [0.4, 0.5) is 5.69 Å². The molecule has 0 aliphatic rings. The number of aryl methyl sites for hydroxylation is 2. The Bertz CT molecular complexity index is 777. The van der Waals surface area contributed by atoms with Crippen LogP contribution >= 0.6 is 0 Å². The van der Waals surface area contributed by atoms with Crippen molar-refractivity contribution in [1.29, 1.82) is 0 Å². The predicted octanol–water partition coefficient (Wildman–Crippen LogP) is 1.95. The van der Waals surface area contributed by atoms with Gasteiger partial charge in [-0.2, -0.15) is 0 Å². The number of carbonyl (C=O) groups is 2. The molecule has 0 aliphatic carbocycles. The molecule has 7 heteroatoms. The minimum absolute atomic E-state index is 0.0392. The number of benzene rings is 2. The maximum absolute atomic E-state index is 11.8. The van der Waals surface area contributed by atoms with E-state index in [1.807, 2.05) is 32.0 Å². The van der Waals surface area contributed by atoms with Crippen LogP contribution < -0.4 is 25.6 Å². The van der Waals surface area contributed by atoms with Gasteiger partial charge in [0.25, 0.3) is 11.8 Å². The zero-order valence-electron chi connectivity index (χ0n) is 15.1. The fraction of sp³-hybridized carbons (Fsp3) is 0.263. The number of methoxy groups -OCH3 is 1. The molecule has 2 rings (SSSR count). The first-order valence-corrected chi connectivity index (χ1v) is 8.14. The van der Waals surface area contributed by atoms with Crippen LogP contribution in [-0.4, -0.2) is 32.1 Å². The smallest absolute Gasteiger partial charge is 0.276 e. The van der Waals surface area contributed by atoms with Crippen LogP contribution in [0.5, 0.6) is 11.5 Å². The predicted molar refractivity (Wildman–Crippen MR) is 99.2 cm³/mol. The minimum atomic E-state index is -0.476. The molecule has 0 heterocycles. The number of anilines is 1. The van der Waals surface area contributed by atoms with E-state index in [2.05, 4.69) is 16.2 Å². The summed E-state index contributed by atoms with van der Waals surface area (Å²) in [5, 5.41) is 3.03. The lowest BCUT2D eigenvalue weighted by Crippen LogP contribution is -2.46. The molecule has 26 heavy (non-hydrogen) atoms. The molecule has 0 aromatic heterocycles. The fourth-order valence-electron chi connectivity index (χ4n) is 2.29. The number of hydrogen-bond donors (Lipinski definition) is 3. The second-order valence-corrected chi connectivity index (χ2v) is 5.71. The summed E-state index contributed by atoms with van der Waals surface area (Å²) in [6.07, 6.45) is 0. The Labute approximate surface area is 152 Å². The highest BCUT2D eigenvalue weighted by molar-refractivity contribution is 5.85. The standard InChI is InChI=1S/C19H23N3O4/c1-13-8-9-15(14(2)10-13)20-11-18(23)21-22-19(24)12-26-17-7-5-4-6-16(17)25-3/h4-10,20H,11-12H2,1-3H3,(H,21,23)(H,22,24). The van der Waals surface area contributed by atoms with Crippen LogP contribution in [0, 0.1) is 13.8 Å². The maximum Gasteiger partial charge on any atom is 0.276 e. The molecule has 0 atom stereocenters. The molecule has 0 spiro atoms. The zero-order chi connectivity index (χ0) is 18.9. The van der Waals surface area contributed by atoms with E-state index < -0.39 is 5.91 Å². The van der Waals surface area contributed by atoms with Crippen molar-refractivity contribution in [3.63, 3.8) is 0 Å². The van der Waals surface area contributed by atoms with Gasteiger partial charge in [0.05, 0.1) is 13.7 Å². The molecule has 2 aromatic rings. The van der Waals surface area contributed by atoms with E-state index in [1.165, 1.54) is 7.11 Å². The zero-order valence-corrected chi connectivity index (χ0v) is 15.1. The van der Waals surface area contributed by atoms with Crippen LogP contribution in [0.25, 0.3) is 0 Å². The van der Waals surface area contributed by atoms with Crippen LogP contribution in [0.3, 0.4) is 0 Å². The third kappa shape index (κ3) is 5.70. The first kappa shape index (κ1) is 19.1. The summed E-state index contributed by atoms with van der Waals surface area (Å²) in [5.74, 6) is 0.140. The number of carbonyl (C=O) groups excluding carboxylic acids is 2. The Kier molecular flexibility index (Phi) is 6.84. The average molecular weight is 357 g/mol. The number of amides is 2. The van der Waals surface area contributed by atoms with E-state index >= 15 is 0 Å². The van der Waals surface area contributed by atoms with Crippen molar-refractivity contribution in [3.05, 3.63) is 53.6 Å². The van der Waals surface area contributed by atoms with E-state index in [0.717, 1.165) is 16.8 Å². The molecular weight excluding hydrogens is 334 g/mol. The molecule has 3 N–H and O–H groups in total. The van der Waals surface area contributed by atoms with Gasteiger partial charge >= 0.3 is 0 Å². The molecule has 2 amide bonds. The van der Waals surface area contributed by atoms with Crippen molar-refractivity contribution in [3.8, 4) is 11.5 Å². The van der Waals surface area contributed by atoms with E-state index in [9.17, 15) is 9.59 Å². The van der Waals surface area contributed by atoms with Gasteiger partial charge in [0.2, 0.25) is 0 Å². The van der Waals surface area contributed by atoms with Crippen molar-refractivity contribution >= 4 is 17.5 Å². The van der Waals surface area contributed by atoms with E-state index in [-0.39, 0.29) is 19.1 Å². The summed E-state index contributed by atoms with van der Waals surface area (Å²) < 4.78 is 10.5. The molecule has 0 saturated carbocycles. The highest BCUT2D eigenvalue weighted by Gasteiger charge is 2.08. The molecular formula is C19H23N3O4. The van der Waals surface area contributed by atoms with Crippen LogP contribution in [0.15, 0.2) is 42.5 Å². The Hall–Kier alpha value is -3.22. The topological polar surface area (TPSA) is 88.7 Å². The lowest BCUT2D eigenvalue weighted by molar-refractivity contribution is -0.129. The van der Waals surface area contributed by atoms with E-state index in [4.69, 9.17) is 9.47 Å². The van der Waals surface area contributed by atoms with Crippen LogP contribution in [0.2, 0.25) is 0 Å². The number of ether oxygens (including phenoxy) is 2. The van der Waals surface area contributed by atoms with Crippen molar-refractivity contribution in [1.82, 2.24) is 10.9 Å². The molecule has 0 bridgehead atoms. The average Bonchev–Trinajstić information content (AvgIpc) is 2.64. The van der Waals surface area contributed by atoms with E-state index in [1.54, 1.807) is 24.3 Å². The van der Waals surface area contributed by atoms with Gasteiger partial charge < -0.3 is 14.8 Å². The molecule has 7 nitrogen and oxygen atoms in total. The summed E-state index contributed by atoms with van der Waals surface area (Å²) in [6, 6.07) is 12.9. The third-order valence-electron chi connectivity index (χ3n) is 3.59. The summed E-state index contributed by atoms with van der Waals surface area (Å²) >= 11 is 0. The lowest BCUT2D eigenvalue weighted by atomic mass is 10.1.